The lowest BCUT2D eigenvalue weighted by molar-refractivity contribution is -0.120. The van der Waals surface area contributed by atoms with E-state index in [-0.39, 0.29) is 5.92 Å². The summed E-state index contributed by atoms with van der Waals surface area (Å²) in [7, 11) is 0. The molecule has 1 aliphatic heterocycles. The molecule has 27 heavy (non-hydrogen) atoms. The van der Waals surface area contributed by atoms with Crippen molar-refractivity contribution >= 4 is 46.6 Å². The summed E-state index contributed by atoms with van der Waals surface area (Å²) in [6, 6.07) is 10.3. The van der Waals surface area contributed by atoms with Crippen molar-refractivity contribution in [2.24, 2.45) is 5.92 Å². The number of hydrogen-bond donors (Lipinski definition) is 1. The van der Waals surface area contributed by atoms with Crippen molar-refractivity contribution in [3.8, 4) is 0 Å². The lowest BCUT2D eigenvalue weighted by atomic mass is 10.0. The zero-order chi connectivity index (χ0) is 19.7. The molecule has 0 fully saturated rings. The van der Waals surface area contributed by atoms with Gasteiger partial charge >= 0.3 is 0 Å². The summed E-state index contributed by atoms with van der Waals surface area (Å²) < 4.78 is 0. The smallest absolute Gasteiger partial charge is 0.262 e. The molecule has 0 saturated heterocycles. The molecule has 1 aliphatic rings. The van der Waals surface area contributed by atoms with Gasteiger partial charge < -0.3 is 5.32 Å². The Morgan fingerprint density at radius 3 is 2.19 bits per heavy atom. The first-order valence-electron chi connectivity index (χ1n) is 8.52. The summed E-state index contributed by atoms with van der Waals surface area (Å²) in [6.07, 6.45) is 0.329. The van der Waals surface area contributed by atoms with Crippen LogP contribution in [0.15, 0.2) is 42.5 Å². The Morgan fingerprint density at radius 1 is 1.04 bits per heavy atom. The summed E-state index contributed by atoms with van der Waals surface area (Å²) in [6.45, 7) is 3.84. The number of rotatable bonds is 5. The molecule has 140 valence electrons. The number of anilines is 1. The average Bonchev–Trinajstić information content (AvgIpc) is 2.87. The standard InChI is InChI=1S/C20H18Cl2N2O3/c1-11(2)9-17(18(25)23-16-10-12(21)7-8-15(16)22)24-19(26)13-5-3-4-6-14(13)20(24)27/h3-8,10-11,17H,9H2,1-2H3,(H,23,25). The number of amides is 3. The van der Waals surface area contributed by atoms with Gasteiger partial charge in [0.1, 0.15) is 6.04 Å². The Kier molecular flexibility index (Phi) is 5.53. The third-order valence-electron chi connectivity index (χ3n) is 4.32. The number of fused-ring (bicyclic) bond motifs is 1. The molecule has 0 radical (unpaired) electrons. The molecule has 1 unspecified atom stereocenters. The van der Waals surface area contributed by atoms with Crippen molar-refractivity contribution in [1.29, 1.82) is 0 Å². The maximum Gasteiger partial charge on any atom is 0.262 e. The number of imide groups is 1. The highest BCUT2D eigenvalue weighted by Gasteiger charge is 2.42. The van der Waals surface area contributed by atoms with E-state index < -0.39 is 23.8 Å². The molecule has 0 saturated carbocycles. The van der Waals surface area contributed by atoms with Gasteiger partial charge in [0.2, 0.25) is 5.91 Å². The molecule has 1 heterocycles. The second kappa shape index (κ2) is 7.71. The summed E-state index contributed by atoms with van der Waals surface area (Å²) >= 11 is 12.1. The van der Waals surface area contributed by atoms with Gasteiger partial charge in [-0.25, -0.2) is 0 Å². The first-order valence-corrected chi connectivity index (χ1v) is 9.28. The molecule has 0 aliphatic carbocycles. The first kappa shape index (κ1) is 19.4. The minimum Gasteiger partial charge on any atom is -0.323 e. The van der Waals surface area contributed by atoms with Gasteiger partial charge in [-0.3, -0.25) is 19.3 Å². The second-order valence-corrected chi connectivity index (χ2v) is 7.63. The van der Waals surface area contributed by atoms with Crippen LogP contribution in [0, 0.1) is 5.92 Å². The average molecular weight is 405 g/mol. The summed E-state index contributed by atoms with van der Waals surface area (Å²) in [5, 5.41) is 3.43. The largest absolute Gasteiger partial charge is 0.323 e. The maximum absolute atomic E-state index is 13.0. The normalized spacial score (nSPS) is 14.5. The van der Waals surface area contributed by atoms with E-state index in [9.17, 15) is 14.4 Å². The molecule has 5 nitrogen and oxygen atoms in total. The fraction of sp³-hybridized carbons (Fsp3) is 0.250. The summed E-state index contributed by atoms with van der Waals surface area (Å²) in [5.41, 5.74) is 0.953. The number of benzene rings is 2. The molecule has 2 aromatic rings. The fourth-order valence-corrected chi connectivity index (χ4v) is 3.41. The van der Waals surface area contributed by atoms with Gasteiger partial charge in [0.05, 0.1) is 21.8 Å². The van der Waals surface area contributed by atoms with Crippen molar-refractivity contribution in [3.63, 3.8) is 0 Å². The van der Waals surface area contributed by atoms with E-state index in [1.54, 1.807) is 36.4 Å². The first-order chi connectivity index (χ1) is 12.8. The quantitative estimate of drug-likeness (QED) is 0.737. The van der Waals surface area contributed by atoms with Crippen molar-refractivity contribution in [3.05, 3.63) is 63.6 Å². The van der Waals surface area contributed by atoms with E-state index in [1.807, 2.05) is 13.8 Å². The monoisotopic (exact) mass is 404 g/mol. The van der Waals surface area contributed by atoms with Crippen LogP contribution >= 0.6 is 23.2 Å². The highest BCUT2D eigenvalue weighted by atomic mass is 35.5. The molecule has 7 heteroatoms. The van der Waals surface area contributed by atoms with Crippen LogP contribution in [0.2, 0.25) is 10.0 Å². The summed E-state index contributed by atoms with van der Waals surface area (Å²) in [5.74, 6) is -1.33. The highest BCUT2D eigenvalue weighted by Crippen LogP contribution is 2.29. The van der Waals surface area contributed by atoms with Crippen LogP contribution in [-0.2, 0) is 4.79 Å². The molecule has 3 rings (SSSR count). The van der Waals surface area contributed by atoms with Crippen molar-refractivity contribution in [2.45, 2.75) is 26.3 Å². The molecule has 0 bridgehead atoms. The van der Waals surface area contributed by atoms with Gasteiger partial charge in [-0.1, -0.05) is 49.2 Å². The number of carbonyl (C=O) groups is 3. The van der Waals surface area contributed by atoms with E-state index in [1.165, 1.54) is 6.07 Å². The third-order valence-corrected chi connectivity index (χ3v) is 4.89. The van der Waals surface area contributed by atoms with Crippen LogP contribution in [0.25, 0.3) is 0 Å². The van der Waals surface area contributed by atoms with Gasteiger partial charge in [0, 0.05) is 5.02 Å². The Labute approximate surface area is 167 Å². The minimum absolute atomic E-state index is 0.0832. The molecule has 1 N–H and O–H groups in total. The number of halogens is 2. The van der Waals surface area contributed by atoms with Gasteiger partial charge in [-0.15, -0.1) is 0 Å². The molecular weight excluding hydrogens is 387 g/mol. The van der Waals surface area contributed by atoms with Crippen molar-refractivity contribution < 1.29 is 14.4 Å². The van der Waals surface area contributed by atoms with E-state index in [4.69, 9.17) is 23.2 Å². The maximum atomic E-state index is 13.0. The van der Waals surface area contributed by atoms with E-state index in [0.29, 0.717) is 33.3 Å². The summed E-state index contributed by atoms with van der Waals surface area (Å²) in [4.78, 5) is 39.6. The van der Waals surface area contributed by atoms with Gasteiger partial charge in [0.15, 0.2) is 0 Å². The molecule has 1 atom stereocenters. The van der Waals surface area contributed by atoms with Crippen molar-refractivity contribution in [2.75, 3.05) is 5.32 Å². The zero-order valence-electron chi connectivity index (χ0n) is 14.8. The Morgan fingerprint density at radius 2 is 1.63 bits per heavy atom. The number of nitrogens with one attached hydrogen (secondary N) is 1. The van der Waals surface area contributed by atoms with Crippen LogP contribution in [0.4, 0.5) is 5.69 Å². The lowest BCUT2D eigenvalue weighted by Crippen LogP contribution is -2.48. The predicted octanol–water partition coefficient (Wildman–Crippen LogP) is 4.64. The highest BCUT2D eigenvalue weighted by molar-refractivity contribution is 6.35. The van der Waals surface area contributed by atoms with E-state index in [0.717, 1.165) is 4.90 Å². The van der Waals surface area contributed by atoms with Crippen LogP contribution < -0.4 is 5.32 Å². The van der Waals surface area contributed by atoms with Gasteiger partial charge in [-0.2, -0.15) is 0 Å². The molecule has 2 aromatic carbocycles. The molecular formula is C20H18Cl2N2O3. The Balaban J connectivity index is 1.93. The lowest BCUT2D eigenvalue weighted by Gasteiger charge is -2.27. The zero-order valence-corrected chi connectivity index (χ0v) is 16.3. The van der Waals surface area contributed by atoms with Crippen LogP contribution in [0.3, 0.4) is 0 Å². The van der Waals surface area contributed by atoms with Crippen LogP contribution in [-0.4, -0.2) is 28.7 Å². The van der Waals surface area contributed by atoms with Gasteiger partial charge in [0.25, 0.3) is 11.8 Å². The van der Waals surface area contributed by atoms with Gasteiger partial charge in [-0.05, 0) is 42.7 Å². The molecule has 0 aromatic heterocycles. The van der Waals surface area contributed by atoms with E-state index in [2.05, 4.69) is 5.32 Å². The Hall–Kier alpha value is -2.37. The predicted molar refractivity (Wildman–Crippen MR) is 105 cm³/mol. The number of nitrogens with zero attached hydrogens (tertiary/aromatic N) is 1. The van der Waals surface area contributed by atoms with Crippen molar-refractivity contribution in [1.82, 2.24) is 4.90 Å². The minimum atomic E-state index is -0.951. The number of hydrogen-bond acceptors (Lipinski definition) is 3. The van der Waals surface area contributed by atoms with Crippen LogP contribution in [0.1, 0.15) is 41.0 Å². The number of carbonyl (C=O) groups excluding carboxylic acids is 3. The topological polar surface area (TPSA) is 66.5 Å². The molecule has 3 amide bonds. The third kappa shape index (κ3) is 3.84. The second-order valence-electron chi connectivity index (χ2n) is 6.78. The van der Waals surface area contributed by atoms with E-state index >= 15 is 0 Å². The van der Waals surface area contributed by atoms with Crippen LogP contribution in [0.5, 0.6) is 0 Å². The fourth-order valence-electron chi connectivity index (χ4n) is 3.08. The Bertz CT molecular complexity index is 892. The molecule has 0 spiro atoms. The SMILES string of the molecule is CC(C)CC(C(=O)Nc1cc(Cl)ccc1Cl)N1C(=O)c2ccccc2C1=O.